The summed E-state index contributed by atoms with van der Waals surface area (Å²) < 4.78 is 5.91. The van der Waals surface area contributed by atoms with Crippen LogP contribution in [-0.4, -0.2) is 46.9 Å². The molecule has 0 radical (unpaired) electrons. The summed E-state index contributed by atoms with van der Waals surface area (Å²) in [7, 11) is 0. The number of aliphatic hydroxyl groups is 2. The molecular weight excluding hydrogens is 779 g/mol. The minimum Gasteiger partial charge on any atom is -0.462 e. The van der Waals surface area contributed by atoms with Crippen molar-refractivity contribution >= 4 is 11.9 Å². The van der Waals surface area contributed by atoms with Gasteiger partial charge in [0.1, 0.15) is 6.10 Å². The van der Waals surface area contributed by atoms with E-state index in [0.29, 0.717) is 19.3 Å². The number of nitrogens with one attached hydrogen (secondary N) is 1. The second-order valence-corrected chi connectivity index (χ2v) is 18.0. The van der Waals surface area contributed by atoms with Gasteiger partial charge in [-0.25, -0.2) is 0 Å². The van der Waals surface area contributed by atoms with Crippen molar-refractivity contribution in [1.29, 1.82) is 0 Å². The van der Waals surface area contributed by atoms with Gasteiger partial charge >= 0.3 is 5.97 Å². The summed E-state index contributed by atoms with van der Waals surface area (Å²) in [6.45, 7) is 6.31. The molecule has 0 aliphatic heterocycles. The number of ether oxygens (including phenoxy) is 1. The van der Waals surface area contributed by atoms with Gasteiger partial charge in [-0.05, 0) is 83.5 Å². The van der Waals surface area contributed by atoms with Gasteiger partial charge in [0.2, 0.25) is 5.91 Å². The van der Waals surface area contributed by atoms with Crippen LogP contribution in [0.5, 0.6) is 0 Å². The quantitative estimate of drug-likeness (QED) is 0.0245. The molecule has 364 valence electrons. The molecule has 6 heteroatoms. The van der Waals surface area contributed by atoms with E-state index in [1.807, 2.05) is 12.2 Å². The van der Waals surface area contributed by atoms with E-state index in [1.54, 1.807) is 0 Å². The lowest BCUT2D eigenvalue weighted by molar-refractivity contribution is -0.151. The maximum Gasteiger partial charge on any atom is 0.306 e. The SMILES string of the molecule is CC/C=C/C=C/C=C\CCCCCC(CC(=O)NC(CO)C(O)CCCCCCCCCCCCCCCCCC)OC(=O)CCCCCC/C=C\C/C=C\C/C=C\CCCCC. The molecule has 0 bridgehead atoms. The number of aliphatic hydroxyl groups excluding tert-OH is 2. The molecule has 6 nitrogen and oxygen atoms in total. The van der Waals surface area contributed by atoms with Crippen LogP contribution < -0.4 is 5.32 Å². The third kappa shape index (κ3) is 45.7. The smallest absolute Gasteiger partial charge is 0.306 e. The third-order valence-electron chi connectivity index (χ3n) is 11.8. The molecule has 0 spiro atoms. The van der Waals surface area contributed by atoms with E-state index < -0.39 is 18.2 Å². The average molecular weight is 880 g/mol. The van der Waals surface area contributed by atoms with Gasteiger partial charge in [0.25, 0.3) is 0 Å². The number of carbonyl (C=O) groups is 2. The van der Waals surface area contributed by atoms with Crippen LogP contribution in [0.15, 0.2) is 72.9 Å². The molecule has 0 aliphatic carbocycles. The van der Waals surface area contributed by atoms with Gasteiger partial charge in [0, 0.05) is 6.42 Å². The fourth-order valence-corrected chi connectivity index (χ4v) is 7.79. The first-order valence-corrected chi connectivity index (χ1v) is 26.7. The standard InChI is InChI=1S/C57H101NO5/c1-4-7-10-13-16-19-22-24-26-28-30-32-35-38-41-44-47-50-57(62)63-53(48-45-42-39-36-33-21-18-15-12-9-6-3)51-56(61)58-54(52-59)55(60)49-46-43-40-37-34-31-29-27-25-23-20-17-14-11-8-5-2/h9,12,15-16,18-19,21,24,26,30,32-33,53-55,59-60H,4-8,10-11,13-14,17,20,22-23,25,27-29,31,34-52H2,1-3H3,(H,58,61)/b12-9+,18-15+,19-16-,26-24-,32-30-,33-21-. The van der Waals surface area contributed by atoms with E-state index in [2.05, 4.69) is 86.8 Å². The molecule has 1 amide bonds. The van der Waals surface area contributed by atoms with Crippen molar-refractivity contribution in [2.75, 3.05) is 6.61 Å². The van der Waals surface area contributed by atoms with Gasteiger partial charge in [-0.15, -0.1) is 0 Å². The van der Waals surface area contributed by atoms with Gasteiger partial charge in [-0.2, -0.15) is 0 Å². The number of carbonyl (C=O) groups excluding carboxylic acids is 2. The fourth-order valence-electron chi connectivity index (χ4n) is 7.79. The number of hydrogen-bond acceptors (Lipinski definition) is 5. The summed E-state index contributed by atoms with van der Waals surface area (Å²) >= 11 is 0. The predicted octanol–water partition coefficient (Wildman–Crippen LogP) is 16.2. The van der Waals surface area contributed by atoms with Crippen LogP contribution in [0.2, 0.25) is 0 Å². The van der Waals surface area contributed by atoms with Crippen LogP contribution in [0.4, 0.5) is 0 Å². The third-order valence-corrected chi connectivity index (χ3v) is 11.8. The summed E-state index contributed by atoms with van der Waals surface area (Å²) in [4.78, 5) is 26.1. The molecule has 0 aromatic carbocycles. The van der Waals surface area contributed by atoms with Crippen molar-refractivity contribution in [2.45, 2.75) is 270 Å². The van der Waals surface area contributed by atoms with Crippen LogP contribution in [0.3, 0.4) is 0 Å². The van der Waals surface area contributed by atoms with Crippen LogP contribution >= 0.6 is 0 Å². The molecule has 3 unspecified atom stereocenters. The highest BCUT2D eigenvalue weighted by Gasteiger charge is 2.24. The lowest BCUT2D eigenvalue weighted by Crippen LogP contribution is -2.46. The van der Waals surface area contributed by atoms with Gasteiger partial charge in [0.05, 0.1) is 25.2 Å². The Labute approximate surface area is 390 Å². The van der Waals surface area contributed by atoms with E-state index in [-0.39, 0.29) is 24.9 Å². The van der Waals surface area contributed by atoms with Crippen molar-refractivity contribution in [3.8, 4) is 0 Å². The first-order valence-electron chi connectivity index (χ1n) is 26.7. The Hall–Kier alpha value is -2.70. The number of amides is 1. The Morgan fingerprint density at radius 3 is 1.48 bits per heavy atom. The van der Waals surface area contributed by atoms with E-state index in [4.69, 9.17) is 4.74 Å². The van der Waals surface area contributed by atoms with E-state index in [1.165, 1.54) is 109 Å². The normalized spacial score (nSPS) is 13.8. The Kier molecular flexibility index (Phi) is 48.1. The van der Waals surface area contributed by atoms with Crippen LogP contribution in [0.25, 0.3) is 0 Å². The fraction of sp³-hybridized carbons (Fsp3) is 0.754. The van der Waals surface area contributed by atoms with Gasteiger partial charge in [0.15, 0.2) is 0 Å². The number of allylic oxidation sites excluding steroid dienone is 12. The maximum atomic E-state index is 13.2. The lowest BCUT2D eigenvalue weighted by atomic mass is 10.0. The van der Waals surface area contributed by atoms with Crippen LogP contribution in [0, 0.1) is 0 Å². The topological polar surface area (TPSA) is 95.9 Å². The second kappa shape index (κ2) is 50.3. The van der Waals surface area contributed by atoms with Crippen LogP contribution in [-0.2, 0) is 14.3 Å². The van der Waals surface area contributed by atoms with E-state index in [9.17, 15) is 19.8 Å². The van der Waals surface area contributed by atoms with Gasteiger partial charge in [-0.1, -0.05) is 229 Å². The van der Waals surface area contributed by atoms with Crippen molar-refractivity contribution in [2.24, 2.45) is 0 Å². The molecule has 0 aliphatic rings. The first kappa shape index (κ1) is 60.3. The van der Waals surface area contributed by atoms with Gasteiger partial charge < -0.3 is 20.3 Å². The minimum atomic E-state index is -0.804. The Morgan fingerprint density at radius 1 is 0.492 bits per heavy atom. The van der Waals surface area contributed by atoms with Gasteiger partial charge in [-0.3, -0.25) is 9.59 Å². The number of unbranched alkanes of at least 4 members (excludes halogenated alkanes) is 25. The van der Waals surface area contributed by atoms with Crippen molar-refractivity contribution in [3.05, 3.63) is 72.9 Å². The molecule has 0 aromatic heterocycles. The van der Waals surface area contributed by atoms with E-state index in [0.717, 1.165) is 96.3 Å². The minimum absolute atomic E-state index is 0.0429. The monoisotopic (exact) mass is 880 g/mol. The molecule has 3 N–H and O–H groups in total. The highest BCUT2D eigenvalue weighted by atomic mass is 16.5. The summed E-state index contributed by atoms with van der Waals surface area (Å²) in [5, 5.41) is 23.8. The zero-order valence-corrected chi connectivity index (χ0v) is 41.4. The highest BCUT2D eigenvalue weighted by Crippen LogP contribution is 2.17. The Bertz CT molecular complexity index is 1170. The number of esters is 1. The molecule has 3 atom stereocenters. The molecule has 0 aromatic rings. The highest BCUT2D eigenvalue weighted by molar-refractivity contribution is 5.77. The Morgan fingerprint density at radius 2 is 0.921 bits per heavy atom. The van der Waals surface area contributed by atoms with Crippen LogP contribution in [0.1, 0.15) is 252 Å². The Balaban J connectivity index is 4.56. The molecule has 0 heterocycles. The first-order chi connectivity index (χ1) is 31.0. The maximum absolute atomic E-state index is 13.2. The summed E-state index contributed by atoms with van der Waals surface area (Å²) in [5.74, 6) is -0.535. The van der Waals surface area contributed by atoms with Crippen molar-refractivity contribution < 1.29 is 24.5 Å². The lowest BCUT2D eigenvalue weighted by Gasteiger charge is -2.24. The molecule has 0 saturated carbocycles. The summed E-state index contributed by atoms with van der Waals surface area (Å²) in [6, 6.07) is -0.720. The number of rotatable bonds is 47. The van der Waals surface area contributed by atoms with Crippen molar-refractivity contribution in [3.63, 3.8) is 0 Å². The van der Waals surface area contributed by atoms with E-state index >= 15 is 0 Å². The number of hydrogen-bond donors (Lipinski definition) is 3. The molecular formula is C57H101NO5. The van der Waals surface area contributed by atoms with Crippen molar-refractivity contribution in [1.82, 2.24) is 5.32 Å². The predicted molar refractivity (Wildman–Crippen MR) is 273 cm³/mol. The largest absolute Gasteiger partial charge is 0.462 e. The second-order valence-electron chi connectivity index (χ2n) is 18.0. The molecule has 0 rings (SSSR count). The zero-order chi connectivity index (χ0) is 45.9. The summed E-state index contributed by atoms with van der Waals surface area (Å²) in [6.07, 6.45) is 63.9. The molecule has 63 heavy (non-hydrogen) atoms. The summed E-state index contributed by atoms with van der Waals surface area (Å²) in [5.41, 5.74) is 0. The average Bonchev–Trinajstić information content (AvgIpc) is 3.28. The zero-order valence-electron chi connectivity index (χ0n) is 41.4. The molecule has 0 fully saturated rings. The molecule has 0 saturated heterocycles.